The largest absolute Gasteiger partial charge is 0.573 e. The molecule has 0 saturated carbocycles. The molecule has 0 aliphatic carbocycles. The van der Waals surface area contributed by atoms with E-state index >= 15 is 0 Å². The fourth-order valence-electron chi connectivity index (χ4n) is 3.37. The number of ether oxygens (including phenoxy) is 2. The minimum absolute atomic E-state index is 0.269. The van der Waals surface area contributed by atoms with Gasteiger partial charge in [-0.15, -0.1) is 13.2 Å². The van der Waals surface area contributed by atoms with Gasteiger partial charge in [0.15, 0.2) is 0 Å². The second-order valence-electron chi connectivity index (χ2n) is 6.92. The van der Waals surface area contributed by atoms with Crippen molar-refractivity contribution < 1.29 is 22.6 Å². The van der Waals surface area contributed by atoms with E-state index in [1.807, 2.05) is 13.8 Å². The van der Waals surface area contributed by atoms with E-state index in [4.69, 9.17) is 14.7 Å². The van der Waals surface area contributed by atoms with Gasteiger partial charge in [-0.25, -0.2) is 4.98 Å². The molecule has 2 aromatic rings. The second-order valence-corrected chi connectivity index (χ2v) is 6.92. The standard InChI is InChI=1S/C22H29F3N2O2/c1-6-14(7-2)12-19-17(8-3)27-21(18(9-4)26-19)16-11-10-15(13-20(16)28-5)29-22(23,24)25/h10-11,13-14H,6-9,12H2,1-5H3. The normalized spacial score (nSPS) is 11.8. The molecular formula is C22H29F3N2O2. The quantitative estimate of drug-likeness (QED) is 0.497. The van der Waals surface area contributed by atoms with E-state index in [1.54, 1.807) is 6.07 Å². The number of aryl methyl sites for hydroxylation is 2. The Labute approximate surface area is 170 Å². The fourth-order valence-corrected chi connectivity index (χ4v) is 3.37. The summed E-state index contributed by atoms with van der Waals surface area (Å²) in [6.45, 7) is 8.39. The first-order chi connectivity index (χ1) is 13.8. The summed E-state index contributed by atoms with van der Waals surface area (Å²) < 4.78 is 47.0. The predicted octanol–water partition coefficient (Wildman–Crippen LogP) is 6.15. The minimum Gasteiger partial charge on any atom is -0.496 e. The van der Waals surface area contributed by atoms with Gasteiger partial charge >= 0.3 is 6.36 Å². The van der Waals surface area contributed by atoms with Crippen molar-refractivity contribution >= 4 is 0 Å². The van der Waals surface area contributed by atoms with E-state index in [2.05, 4.69) is 18.6 Å². The molecule has 0 bridgehead atoms. The highest BCUT2D eigenvalue weighted by Gasteiger charge is 2.31. The Kier molecular flexibility index (Phi) is 7.88. The highest BCUT2D eigenvalue weighted by molar-refractivity contribution is 5.70. The average molecular weight is 410 g/mol. The average Bonchev–Trinajstić information content (AvgIpc) is 2.70. The molecule has 160 valence electrons. The first-order valence-corrected chi connectivity index (χ1v) is 10.1. The Hall–Kier alpha value is -2.31. The van der Waals surface area contributed by atoms with Crippen molar-refractivity contribution in [2.45, 2.75) is 66.2 Å². The molecule has 1 aromatic carbocycles. The van der Waals surface area contributed by atoms with E-state index in [9.17, 15) is 13.2 Å². The number of hydrogen-bond donors (Lipinski definition) is 0. The van der Waals surface area contributed by atoms with Crippen LogP contribution in [0, 0.1) is 5.92 Å². The third-order valence-corrected chi connectivity index (χ3v) is 5.09. The maximum absolute atomic E-state index is 12.5. The predicted molar refractivity (Wildman–Crippen MR) is 107 cm³/mol. The number of alkyl halides is 3. The second kappa shape index (κ2) is 9.94. The van der Waals surface area contributed by atoms with Crippen LogP contribution in [-0.2, 0) is 19.3 Å². The smallest absolute Gasteiger partial charge is 0.496 e. The summed E-state index contributed by atoms with van der Waals surface area (Å²) in [5, 5.41) is 0. The zero-order valence-electron chi connectivity index (χ0n) is 17.7. The molecule has 0 atom stereocenters. The Balaban J connectivity index is 2.53. The fraction of sp³-hybridized carbons (Fsp3) is 0.545. The Morgan fingerprint density at radius 3 is 2.10 bits per heavy atom. The van der Waals surface area contributed by atoms with Crippen molar-refractivity contribution in [2.24, 2.45) is 5.92 Å². The lowest BCUT2D eigenvalue weighted by molar-refractivity contribution is -0.274. The number of methoxy groups -OCH3 is 1. The van der Waals surface area contributed by atoms with E-state index in [1.165, 1.54) is 19.2 Å². The van der Waals surface area contributed by atoms with Crippen molar-refractivity contribution in [1.29, 1.82) is 0 Å². The summed E-state index contributed by atoms with van der Waals surface area (Å²) in [6.07, 6.45) is -0.319. The molecule has 7 heteroatoms. The lowest BCUT2D eigenvalue weighted by Crippen LogP contribution is -2.17. The van der Waals surface area contributed by atoms with Crippen LogP contribution >= 0.6 is 0 Å². The molecule has 2 rings (SSSR count). The van der Waals surface area contributed by atoms with Gasteiger partial charge in [0.05, 0.1) is 29.9 Å². The minimum atomic E-state index is -4.76. The van der Waals surface area contributed by atoms with Crippen LogP contribution < -0.4 is 9.47 Å². The maximum Gasteiger partial charge on any atom is 0.573 e. The van der Waals surface area contributed by atoms with Crippen LogP contribution in [0.1, 0.15) is 57.6 Å². The van der Waals surface area contributed by atoms with Crippen molar-refractivity contribution in [3.63, 3.8) is 0 Å². The number of halogens is 3. The lowest BCUT2D eigenvalue weighted by atomic mass is 9.95. The molecule has 1 heterocycles. The summed E-state index contributed by atoms with van der Waals surface area (Å²) in [7, 11) is 1.41. The summed E-state index contributed by atoms with van der Waals surface area (Å²) in [5.74, 6) is 0.495. The Morgan fingerprint density at radius 2 is 1.59 bits per heavy atom. The van der Waals surface area contributed by atoms with Gasteiger partial charge in [-0.05, 0) is 37.3 Å². The summed E-state index contributed by atoms with van der Waals surface area (Å²) in [4.78, 5) is 9.76. The van der Waals surface area contributed by atoms with Gasteiger partial charge in [0.25, 0.3) is 0 Å². The molecule has 0 aliphatic heterocycles. The highest BCUT2D eigenvalue weighted by Crippen LogP contribution is 2.36. The maximum atomic E-state index is 12.5. The van der Waals surface area contributed by atoms with Crippen molar-refractivity contribution in [2.75, 3.05) is 7.11 Å². The van der Waals surface area contributed by atoms with Crippen LogP contribution in [0.15, 0.2) is 18.2 Å². The molecule has 0 aliphatic rings. The topological polar surface area (TPSA) is 44.2 Å². The van der Waals surface area contributed by atoms with Crippen molar-refractivity contribution in [3.05, 3.63) is 35.3 Å². The van der Waals surface area contributed by atoms with Gasteiger partial charge in [0, 0.05) is 11.6 Å². The summed E-state index contributed by atoms with van der Waals surface area (Å²) in [5.41, 5.74) is 3.99. The van der Waals surface area contributed by atoms with Crippen LogP contribution in [0.3, 0.4) is 0 Å². The van der Waals surface area contributed by atoms with E-state index < -0.39 is 6.36 Å². The van der Waals surface area contributed by atoms with Gasteiger partial charge < -0.3 is 9.47 Å². The van der Waals surface area contributed by atoms with Crippen LogP contribution in [0.5, 0.6) is 11.5 Å². The Bertz CT molecular complexity index is 818. The number of rotatable bonds is 9. The molecule has 1 aromatic heterocycles. The van der Waals surface area contributed by atoms with Crippen LogP contribution in [0.25, 0.3) is 11.3 Å². The van der Waals surface area contributed by atoms with Gasteiger partial charge in [0.2, 0.25) is 0 Å². The third-order valence-electron chi connectivity index (χ3n) is 5.09. The molecule has 0 radical (unpaired) electrons. The molecule has 0 N–H and O–H groups in total. The molecule has 29 heavy (non-hydrogen) atoms. The first kappa shape index (κ1) is 23.0. The number of aromatic nitrogens is 2. The number of hydrogen-bond acceptors (Lipinski definition) is 4. The molecule has 0 saturated heterocycles. The lowest BCUT2D eigenvalue weighted by Gasteiger charge is -2.18. The molecule has 4 nitrogen and oxygen atoms in total. The summed E-state index contributed by atoms with van der Waals surface area (Å²) >= 11 is 0. The molecule has 0 unspecified atom stereocenters. The molecule has 0 spiro atoms. The zero-order valence-corrected chi connectivity index (χ0v) is 17.7. The van der Waals surface area contributed by atoms with E-state index in [0.29, 0.717) is 23.6 Å². The van der Waals surface area contributed by atoms with Gasteiger partial charge in [-0.3, -0.25) is 4.98 Å². The van der Waals surface area contributed by atoms with Crippen molar-refractivity contribution in [3.8, 4) is 22.8 Å². The van der Waals surface area contributed by atoms with Gasteiger partial charge in [-0.2, -0.15) is 0 Å². The van der Waals surface area contributed by atoms with Crippen LogP contribution in [0.4, 0.5) is 13.2 Å². The molecule has 0 amide bonds. The molecule has 0 fully saturated rings. The third kappa shape index (κ3) is 5.84. The van der Waals surface area contributed by atoms with Crippen LogP contribution in [0.2, 0.25) is 0 Å². The Morgan fingerprint density at radius 1 is 0.931 bits per heavy atom. The van der Waals surface area contributed by atoms with E-state index in [0.717, 1.165) is 42.8 Å². The SMILES string of the molecule is CCc1nc(-c2ccc(OC(F)(F)F)cc2OC)c(CC)nc1CC(CC)CC. The first-order valence-electron chi connectivity index (χ1n) is 10.1. The van der Waals surface area contributed by atoms with Gasteiger partial charge in [-0.1, -0.05) is 40.5 Å². The monoisotopic (exact) mass is 410 g/mol. The number of benzene rings is 1. The molecular weight excluding hydrogens is 381 g/mol. The highest BCUT2D eigenvalue weighted by atomic mass is 19.4. The van der Waals surface area contributed by atoms with Crippen molar-refractivity contribution in [1.82, 2.24) is 9.97 Å². The number of nitrogens with zero attached hydrogens (tertiary/aromatic N) is 2. The summed E-state index contributed by atoms with van der Waals surface area (Å²) in [6, 6.07) is 4.05. The van der Waals surface area contributed by atoms with E-state index in [-0.39, 0.29) is 11.5 Å². The van der Waals surface area contributed by atoms with Gasteiger partial charge in [0.1, 0.15) is 11.5 Å². The zero-order chi connectivity index (χ0) is 21.6. The van der Waals surface area contributed by atoms with Crippen LogP contribution in [-0.4, -0.2) is 23.4 Å².